The maximum absolute atomic E-state index is 8.71. The van der Waals surface area contributed by atoms with Crippen LogP contribution in [-0.4, -0.2) is 25.3 Å². The van der Waals surface area contributed by atoms with E-state index >= 15 is 0 Å². The van der Waals surface area contributed by atoms with Gasteiger partial charge in [0.15, 0.2) is 12.6 Å². The van der Waals surface area contributed by atoms with Gasteiger partial charge in [0.1, 0.15) is 0 Å². The highest BCUT2D eigenvalue weighted by Crippen LogP contribution is 2.03. The molecule has 0 bridgehead atoms. The van der Waals surface area contributed by atoms with Crippen molar-refractivity contribution in [3.05, 3.63) is 41.7 Å². The zero-order valence-corrected chi connectivity index (χ0v) is 7.54. The van der Waals surface area contributed by atoms with Crippen LogP contribution in [0, 0.1) is 0 Å². The van der Waals surface area contributed by atoms with Crippen molar-refractivity contribution < 1.29 is 5.11 Å². The van der Waals surface area contributed by atoms with Gasteiger partial charge < -0.3 is 5.11 Å². The Labute approximate surface area is 81.0 Å². The molecule has 0 aliphatic rings. The van der Waals surface area contributed by atoms with Crippen LogP contribution in [0.2, 0.25) is 0 Å². The van der Waals surface area contributed by atoms with Gasteiger partial charge in [-0.25, -0.2) is 0 Å². The van der Waals surface area contributed by atoms with E-state index in [-0.39, 0.29) is 6.73 Å². The molecule has 0 unspecified atom stereocenters. The van der Waals surface area contributed by atoms with Crippen LogP contribution < -0.4 is 0 Å². The minimum absolute atomic E-state index is 0.234. The second kappa shape index (κ2) is 3.97. The average Bonchev–Trinajstić information content (AvgIpc) is 2.67. The summed E-state index contributed by atoms with van der Waals surface area (Å²) in [7, 11) is 0. The van der Waals surface area contributed by atoms with Gasteiger partial charge in [0.05, 0.1) is 0 Å². The summed E-state index contributed by atoms with van der Waals surface area (Å²) >= 11 is 0. The zero-order valence-electron chi connectivity index (χ0n) is 7.54. The van der Waals surface area contributed by atoms with Crippen molar-refractivity contribution in [1.82, 2.24) is 20.2 Å². The Kier molecular flexibility index (Phi) is 2.51. The summed E-state index contributed by atoms with van der Waals surface area (Å²) in [6.07, 6.45) is 0.640. The highest BCUT2D eigenvalue weighted by Gasteiger charge is 2.02. The Bertz CT molecular complexity index is 398. The molecule has 5 nitrogen and oxygen atoms in total. The molecule has 1 aromatic heterocycles. The van der Waals surface area contributed by atoms with Crippen LogP contribution in [0.5, 0.6) is 0 Å². The molecule has 0 amide bonds. The Hall–Kier alpha value is -1.75. The number of benzene rings is 1. The molecule has 0 atom stereocenters. The molecule has 0 saturated heterocycles. The SMILES string of the molecule is OCn1nnc(Cc2ccccc2)n1. The number of hydrogen-bond donors (Lipinski definition) is 1. The lowest BCUT2D eigenvalue weighted by Crippen LogP contribution is -2.01. The van der Waals surface area contributed by atoms with E-state index in [9.17, 15) is 0 Å². The molecular formula is C9H10N4O. The number of nitrogens with zero attached hydrogens (tertiary/aromatic N) is 4. The molecule has 0 fully saturated rings. The first-order chi connectivity index (χ1) is 6.88. The molecule has 5 heteroatoms. The van der Waals surface area contributed by atoms with Gasteiger partial charge in [-0.05, 0) is 10.8 Å². The smallest absolute Gasteiger partial charge is 0.179 e. The fourth-order valence-electron chi connectivity index (χ4n) is 1.19. The van der Waals surface area contributed by atoms with Crippen molar-refractivity contribution in [2.45, 2.75) is 13.2 Å². The van der Waals surface area contributed by atoms with Gasteiger partial charge in [-0.1, -0.05) is 30.3 Å². The molecule has 0 aliphatic heterocycles. The molecule has 72 valence electrons. The average molecular weight is 190 g/mol. The van der Waals surface area contributed by atoms with Gasteiger partial charge in [0.25, 0.3) is 0 Å². The van der Waals surface area contributed by atoms with Crippen molar-refractivity contribution in [3.63, 3.8) is 0 Å². The molecule has 0 aliphatic carbocycles. The minimum atomic E-state index is -0.234. The molecule has 1 N–H and O–H groups in total. The summed E-state index contributed by atoms with van der Waals surface area (Å²) in [5.41, 5.74) is 1.13. The van der Waals surface area contributed by atoms with Crippen molar-refractivity contribution in [3.8, 4) is 0 Å². The number of aromatic nitrogens is 4. The van der Waals surface area contributed by atoms with Crippen LogP contribution in [0.15, 0.2) is 30.3 Å². The summed E-state index contributed by atoms with van der Waals surface area (Å²) in [6, 6.07) is 9.89. The fourth-order valence-corrected chi connectivity index (χ4v) is 1.19. The van der Waals surface area contributed by atoms with Crippen LogP contribution in [-0.2, 0) is 13.2 Å². The lowest BCUT2D eigenvalue weighted by Gasteiger charge is -1.94. The van der Waals surface area contributed by atoms with Crippen LogP contribution in [0.4, 0.5) is 0 Å². The quantitative estimate of drug-likeness (QED) is 0.751. The van der Waals surface area contributed by atoms with Gasteiger partial charge >= 0.3 is 0 Å². The van der Waals surface area contributed by atoms with Crippen molar-refractivity contribution in [2.75, 3.05) is 0 Å². The second-order valence-electron chi connectivity index (χ2n) is 2.88. The maximum Gasteiger partial charge on any atom is 0.179 e. The Balaban J connectivity index is 2.11. The third-order valence-electron chi connectivity index (χ3n) is 1.83. The van der Waals surface area contributed by atoms with Crippen LogP contribution >= 0.6 is 0 Å². The van der Waals surface area contributed by atoms with Gasteiger partial charge in [0.2, 0.25) is 0 Å². The lowest BCUT2D eigenvalue weighted by atomic mass is 10.1. The lowest BCUT2D eigenvalue weighted by molar-refractivity contribution is 0.175. The van der Waals surface area contributed by atoms with E-state index in [1.54, 1.807) is 0 Å². The highest BCUT2D eigenvalue weighted by atomic mass is 16.3. The number of tetrazole rings is 1. The third kappa shape index (κ3) is 1.94. The molecule has 1 aromatic carbocycles. The Morgan fingerprint density at radius 1 is 1.21 bits per heavy atom. The standard InChI is InChI=1S/C9H10N4O/c14-7-13-11-9(10-12-13)6-8-4-2-1-3-5-8/h1-5,14H,6-7H2. The Morgan fingerprint density at radius 2 is 2.00 bits per heavy atom. The fraction of sp³-hybridized carbons (Fsp3) is 0.222. The largest absolute Gasteiger partial charge is 0.373 e. The maximum atomic E-state index is 8.71. The van der Waals surface area contributed by atoms with Gasteiger partial charge in [0, 0.05) is 6.42 Å². The first-order valence-corrected chi connectivity index (χ1v) is 4.30. The van der Waals surface area contributed by atoms with Crippen molar-refractivity contribution in [2.24, 2.45) is 0 Å². The van der Waals surface area contributed by atoms with Crippen LogP contribution in [0.25, 0.3) is 0 Å². The molecule has 0 saturated carbocycles. The summed E-state index contributed by atoms with van der Waals surface area (Å²) in [6.45, 7) is -0.234. The monoisotopic (exact) mass is 190 g/mol. The van der Waals surface area contributed by atoms with E-state index in [0.29, 0.717) is 12.2 Å². The number of rotatable bonds is 3. The van der Waals surface area contributed by atoms with E-state index in [2.05, 4.69) is 15.4 Å². The van der Waals surface area contributed by atoms with E-state index in [1.807, 2.05) is 30.3 Å². The topological polar surface area (TPSA) is 63.8 Å². The summed E-state index contributed by atoms with van der Waals surface area (Å²) < 4.78 is 0. The van der Waals surface area contributed by atoms with Gasteiger partial charge in [-0.15, -0.1) is 15.0 Å². The summed E-state index contributed by atoms with van der Waals surface area (Å²) in [4.78, 5) is 1.15. The van der Waals surface area contributed by atoms with E-state index in [4.69, 9.17) is 5.11 Å². The number of aliphatic hydroxyl groups excluding tert-OH is 1. The molecule has 14 heavy (non-hydrogen) atoms. The minimum Gasteiger partial charge on any atom is -0.373 e. The van der Waals surface area contributed by atoms with Crippen molar-refractivity contribution in [1.29, 1.82) is 0 Å². The predicted molar refractivity (Wildman–Crippen MR) is 49.3 cm³/mol. The second-order valence-corrected chi connectivity index (χ2v) is 2.88. The molecule has 2 rings (SSSR count). The van der Waals surface area contributed by atoms with E-state index in [1.165, 1.54) is 0 Å². The first kappa shape index (κ1) is 8.83. The van der Waals surface area contributed by atoms with E-state index < -0.39 is 0 Å². The van der Waals surface area contributed by atoms with Gasteiger partial charge in [-0.3, -0.25) is 0 Å². The summed E-state index contributed by atoms with van der Waals surface area (Å²) in [5.74, 6) is 0.616. The van der Waals surface area contributed by atoms with E-state index in [0.717, 1.165) is 10.4 Å². The zero-order chi connectivity index (χ0) is 9.80. The molecule has 0 radical (unpaired) electrons. The molecule has 2 aromatic rings. The Morgan fingerprint density at radius 3 is 2.64 bits per heavy atom. The highest BCUT2D eigenvalue weighted by molar-refractivity contribution is 5.17. The third-order valence-corrected chi connectivity index (χ3v) is 1.83. The van der Waals surface area contributed by atoms with Crippen molar-refractivity contribution >= 4 is 0 Å². The predicted octanol–water partition coefficient (Wildman–Crippen LogP) is 0.214. The van der Waals surface area contributed by atoms with Crippen LogP contribution in [0.3, 0.4) is 0 Å². The molecular weight excluding hydrogens is 180 g/mol. The normalized spacial score (nSPS) is 10.4. The summed E-state index contributed by atoms with van der Waals surface area (Å²) in [5, 5.41) is 20.1. The first-order valence-electron chi connectivity index (χ1n) is 4.30. The molecule has 1 heterocycles. The number of hydrogen-bond acceptors (Lipinski definition) is 4. The molecule has 0 spiro atoms. The number of aliphatic hydroxyl groups is 1. The van der Waals surface area contributed by atoms with Gasteiger partial charge in [-0.2, -0.15) is 0 Å². The van der Waals surface area contributed by atoms with Crippen LogP contribution in [0.1, 0.15) is 11.4 Å².